The molecular weight excluding hydrogens is 446 g/mol. The zero-order valence-electron chi connectivity index (χ0n) is 18.0. The molecular formula is C22H23N5O5S. The zero-order valence-corrected chi connectivity index (χ0v) is 18.8. The molecule has 0 bridgehead atoms. The summed E-state index contributed by atoms with van der Waals surface area (Å²) in [6, 6.07) is 6.27. The third-order valence-corrected chi connectivity index (χ3v) is 5.91. The monoisotopic (exact) mass is 469 g/mol. The Morgan fingerprint density at radius 2 is 2.06 bits per heavy atom. The minimum absolute atomic E-state index is 0.105. The number of ether oxygens (including phenoxy) is 2. The largest absolute Gasteiger partial charge is 0.493 e. The second-order valence-electron chi connectivity index (χ2n) is 7.44. The Balaban J connectivity index is 1.50. The van der Waals surface area contributed by atoms with Crippen LogP contribution in [0.5, 0.6) is 11.5 Å². The maximum Gasteiger partial charge on any atom is 0.286 e. The van der Waals surface area contributed by atoms with Crippen molar-refractivity contribution in [3.63, 3.8) is 0 Å². The maximum atomic E-state index is 12.9. The lowest BCUT2D eigenvalue weighted by Gasteiger charge is -2.17. The highest BCUT2D eigenvalue weighted by molar-refractivity contribution is 7.07. The lowest BCUT2D eigenvalue weighted by atomic mass is 10.1. The fourth-order valence-corrected chi connectivity index (χ4v) is 4.13. The van der Waals surface area contributed by atoms with Gasteiger partial charge in [-0.2, -0.15) is 0 Å². The molecule has 172 valence electrons. The maximum absolute atomic E-state index is 12.9. The molecule has 33 heavy (non-hydrogen) atoms. The van der Waals surface area contributed by atoms with E-state index in [1.807, 2.05) is 17.5 Å². The van der Waals surface area contributed by atoms with Crippen molar-refractivity contribution in [2.75, 3.05) is 25.1 Å². The van der Waals surface area contributed by atoms with Crippen molar-refractivity contribution in [3.8, 4) is 11.5 Å². The molecule has 0 aliphatic carbocycles. The number of carbonyl (C=O) groups excluding carboxylic acids is 1. The molecule has 0 spiro atoms. The van der Waals surface area contributed by atoms with E-state index < -0.39 is 10.8 Å². The molecule has 1 aromatic carbocycles. The van der Waals surface area contributed by atoms with Crippen LogP contribution in [-0.4, -0.2) is 41.0 Å². The number of nitrogens with zero attached hydrogens (tertiary/aromatic N) is 4. The van der Waals surface area contributed by atoms with Gasteiger partial charge >= 0.3 is 0 Å². The number of anilines is 1. The van der Waals surface area contributed by atoms with Crippen LogP contribution in [0.25, 0.3) is 0 Å². The SMILES string of the molecule is COc1cc(C(=O)NCc2ccnc(N3CCCC3)c2)c([N+](=O)[O-])cc1OCc1cscn1. The van der Waals surface area contributed by atoms with Gasteiger partial charge in [0.25, 0.3) is 11.6 Å². The van der Waals surface area contributed by atoms with E-state index in [2.05, 4.69) is 20.2 Å². The third-order valence-electron chi connectivity index (χ3n) is 5.28. The van der Waals surface area contributed by atoms with Crippen molar-refractivity contribution in [2.24, 2.45) is 0 Å². The third kappa shape index (κ3) is 5.37. The summed E-state index contributed by atoms with van der Waals surface area (Å²) >= 11 is 1.42. The number of carbonyl (C=O) groups is 1. The minimum Gasteiger partial charge on any atom is -0.493 e. The molecule has 0 unspecified atom stereocenters. The van der Waals surface area contributed by atoms with Crippen molar-refractivity contribution >= 4 is 28.7 Å². The Hall–Kier alpha value is -3.73. The molecule has 0 atom stereocenters. The minimum atomic E-state index is -0.609. The van der Waals surface area contributed by atoms with Gasteiger partial charge in [-0.3, -0.25) is 14.9 Å². The van der Waals surface area contributed by atoms with Gasteiger partial charge < -0.3 is 19.7 Å². The zero-order chi connectivity index (χ0) is 23.2. The molecule has 2 aromatic heterocycles. The van der Waals surface area contributed by atoms with Crippen LogP contribution < -0.4 is 19.7 Å². The number of nitro benzene ring substituents is 1. The molecule has 3 aromatic rings. The summed E-state index contributed by atoms with van der Waals surface area (Å²) in [7, 11) is 1.41. The lowest BCUT2D eigenvalue weighted by molar-refractivity contribution is -0.385. The number of pyridine rings is 1. The highest BCUT2D eigenvalue weighted by atomic mass is 32.1. The number of methoxy groups -OCH3 is 1. The average Bonchev–Trinajstić information content (AvgIpc) is 3.55. The van der Waals surface area contributed by atoms with Crippen LogP contribution in [0.1, 0.15) is 34.5 Å². The molecule has 0 radical (unpaired) electrons. The number of rotatable bonds is 9. The first-order chi connectivity index (χ1) is 16.0. The highest BCUT2D eigenvalue weighted by Crippen LogP contribution is 2.35. The van der Waals surface area contributed by atoms with Crippen LogP contribution in [0.4, 0.5) is 11.5 Å². The summed E-state index contributed by atoms with van der Waals surface area (Å²) in [5.41, 5.74) is 2.75. The topological polar surface area (TPSA) is 120 Å². The van der Waals surface area contributed by atoms with Gasteiger partial charge in [0.05, 0.1) is 29.3 Å². The Kier molecular flexibility index (Phi) is 6.98. The van der Waals surface area contributed by atoms with E-state index in [0.29, 0.717) is 5.69 Å². The van der Waals surface area contributed by atoms with Gasteiger partial charge in [-0.25, -0.2) is 9.97 Å². The number of hydrogen-bond donors (Lipinski definition) is 1. The van der Waals surface area contributed by atoms with Gasteiger partial charge in [0.2, 0.25) is 0 Å². The van der Waals surface area contributed by atoms with Gasteiger partial charge in [0.15, 0.2) is 11.5 Å². The number of nitrogens with one attached hydrogen (secondary N) is 1. The van der Waals surface area contributed by atoms with Crippen LogP contribution in [-0.2, 0) is 13.2 Å². The van der Waals surface area contributed by atoms with E-state index >= 15 is 0 Å². The summed E-state index contributed by atoms with van der Waals surface area (Å²) in [4.78, 5) is 34.7. The van der Waals surface area contributed by atoms with Crippen LogP contribution in [0.3, 0.4) is 0 Å². The molecule has 10 nitrogen and oxygen atoms in total. The Labute approximate surface area is 194 Å². The fraction of sp³-hybridized carbons (Fsp3) is 0.318. The molecule has 11 heteroatoms. The Morgan fingerprint density at radius 3 is 2.76 bits per heavy atom. The second-order valence-corrected chi connectivity index (χ2v) is 8.16. The van der Waals surface area contributed by atoms with E-state index in [0.717, 1.165) is 37.3 Å². The molecule has 1 aliphatic heterocycles. The number of thiazole rings is 1. The number of amides is 1. The van der Waals surface area contributed by atoms with Gasteiger partial charge in [-0.1, -0.05) is 0 Å². The second kappa shape index (κ2) is 10.3. The van der Waals surface area contributed by atoms with Gasteiger partial charge in [-0.15, -0.1) is 11.3 Å². The molecule has 1 fully saturated rings. The van der Waals surface area contributed by atoms with Crippen LogP contribution in [0.2, 0.25) is 0 Å². The predicted molar refractivity (Wildman–Crippen MR) is 123 cm³/mol. The van der Waals surface area contributed by atoms with Crippen LogP contribution >= 0.6 is 11.3 Å². The lowest BCUT2D eigenvalue weighted by Crippen LogP contribution is -2.24. The summed E-state index contributed by atoms with van der Waals surface area (Å²) < 4.78 is 11.0. The molecule has 1 amide bonds. The predicted octanol–water partition coefficient (Wildman–Crippen LogP) is 3.56. The Bertz CT molecular complexity index is 1130. The molecule has 1 N–H and O–H groups in total. The molecule has 0 saturated carbocycles. The number of aromatic nitrogens is 2. The smallest absolute Gasteiger partial charge is 0.286 e. The standard InChI is InChI=1S/C22H23N5O5S/c1-31-19-9-17(18(27(29)30)10-20(19)32-12-16-13-33-14-25-16)22(28)24-11-15-4-5-23-21(8-15)26-6-2-3-7-26/h4-5,8-10,13-14H,2-3,6-7,11-12H2,1H3,(H,24,28). The molecule has 1 aliphatic rings. The molecule has 4 rings (SSSR count). The van der Waals surface area contributed by atoms with E-state index in [9.17, 15) is 14.9 Å². The Morgan fingerprint density at radius 1 is 1.24 bits per heavy atom. The summed E-state index contributed by atoms with van der Waals surface area (Å²) in [5.74, 6) is 0.679. The van der Waals surface area contributed by atoms with Crippen molar-refractivity contribution in [1.82, 2.24) is 15.3 Å². The van der Waals surface area contributed by atoms with Crippen molar-refractivity contribution < 1.29 is 19.2 Å². The number of benzene rings is 1. The highest BCUT2D eigenvalue weighted by Gasteiger charge is 2.25. The van der Waals surface area contributed by atoms with E-state index in [-0.39, 0.29) is 35.9 Å². The summed E-state index contributed by atoms with van der Waals surface area (Å²) in [5, 5.41) is 16.3. The van der Waals surface area contributed by atoms with Gasteiger partial charge in [-0.05, 0) is 30.5 Å². The van der Waals surface area contributed by atoms with Crippen LogP contribution in [0.15, 0.2) is 41.4 Å². The number of nitro groups is 1. The van der Waals surface area contributed by atoms with Crippen molar-refractivity contribution in [2.45, 2.75) is 26.0 Å². The van der Waals surface area contributed by atoms with Crippen molar-refractivity contribution in [1.29, 1.82) is 0 Å². The van der Waals surface area contributed by atoms with Gasteiger partial charge in [0, 0.05) is 37.3 Å². The van der Waals surface area contributed by atoms with Crippen molar-refractivity contribution in [3.05, 3.63) is 68.3 Å². The molecule has 3 heterocycles. The molecule has 1 saturated heterocycles. The first-order valence-electron chi connectivity index (χ1n) is 10.4. The van der Waals surface area contributed by atoms with Gasteiger partial charge in [0.1, 0.15) is 18.0 Å². The van der Waals surface area contributed by atoms with E-state index in [1.54, 1.807) is 11.7 Å². The van der Waals surface area contributed by atoms with Crippen LogP contribution in [0, 0.1) is 10.1 Å². The first kappa shape index (κ1) is 22.5. The summed E-state index contributed by atoms with van der Waals surface area (Å²) in [6.45, 7) is 2.27. The first-order valence-corrected chi connectivity index (χ1v) is 11.3. The quantitative estimate of drug-likeness (QED) is 0.373. The van der Waals surface area contributed by atoms with E-state index in [1.165, 1.54) is 30.6 Å². The normalized spacial score (nSPS) is 13.1. The fourth-order valence-electron chi connectivity index (χ4n) is 3.58. The summed E-state index contributed by atoms with van der Waals surface area (Å²) in [6.07, 6.45) is 3.98. The average molecular weight is 470 g/mol. The number of hydrogen-bond acceptors (Lipinski definition) is 9. The van der Waals surface area contributed by atoms with E-state index in [4.69, 9.17) is 9.47 Å².